The second kappa shape index (κ2) is 8.81. The molecule has 0 aliphatic carbocycles. The van der Waals surface area contributed by atoms with Crippen molar-refractivity contribution in [2.45, 2.75) is 0 Å². The second-order valence-electron chi connectivity index (χ2n) is 10.2. The van der Waals surface area contributed by atoms with Gasteiger partial charge in [-0.2, -0.15) is 0 Å². The number of nitrogens with zero attached hydrogens (tertiary/aromatic N) is 1. The van der Waals surface area contributed by atoms with Crippen molar-refractivity contribution >= 4 is 39.0 Å². The van der Waals surface area contributed by atoms with Gasteiger partial charge in [0.25, 0.3) is 0 Å². The minimum atomic E-state index is 0.632. The number of hydrogen-bond acceptors (Lipinski definition) is 6. The lowest BCUT2D eigenvalue weighted by molar-refractivity contribution is 0.359. The Kier molecular flexibility index (Phi) is 4.80. The molecule has 0 saturated heterocycles. The quantitative estimate of drug-likeness (QED) is 0.219. The van der Waals surface area contributed by atoms with Crippen molar-refractivity contribution in [3.05, 3.63) is 127 Å². The molecule has 0 radical (unpaired) electrons. The van der Waals surface area contributed by atoms with Crippen LogP contribution in [0.4, 0.5) is 17.1 Å². The topological polar surface area (TPSA) is 53.3 Å². The van der Waals surface area contributed by atoms with Crippen molar-refractivity contribution in [2.75, 3.05) is 4.90 Å². The molecular formula is C36H21NO5. The maximum atomic E-state index is 6.26. The summed E-state index contributed by atoms with van der Waals surface area (Å²) < 4.78 is 31.0. The molecule has 0 fully saturated rings. The molecule has 2 aliphatic heterocycles. The average Bonchev–Trinajstić information content (AvgIpc) is 3.41. The molecule has 0 saturated carbocycles. The third kappa shape index (κ3) is 3.59. The molecule has 7 aromatic rings. The highest BCUT2D eigenvalue weighted by molar-refractivity contribution is 6.06. The number of anilines is 3. The van der Waals surface area contributed by atoms with Crippen LogP contribution in [0.25, 0.3) is 21.9 Å². The lowest BCUT2D eigenvalue weighted by atomic mass is 10.1. The molecule has 9 rings (SSSR count). The van der Waals surface area contributed by atoms with E-state index in [1.165, 1.54) is 0 Å². The first-order valence-corrected chi connectivity index (χ1v) is 13.7. The average molecular weight is 548 g/mol. The van der Waals surface area contributed by atoms with Gasteiger partial charge < -0.3 is 28.3 Å². The van der Waals surface area contributed by atoms with Crippen molar-refractivity contribution in [1.29, 1.82) is 0 Å². The van der Waals surface area contributed by atoms with Gasteiger partial charge in [-0.3, -0.25) is 0 Å². The third-order valence-corrected chi connectivity index (χ3v) is 7.57. The van der Waals surface area contributed by atoms with E-state index >= 15 is 0 Å². The molecule has 6 nitrogen and oxygen atoms in total. The zero-order chi connectivity index (χ0) is 27.6. The molecule has 0 spiro atoms. The van der Waals surface area contributed by atoms with Crippen LogP contribution >= 0.6 is 0 Å². The minimum Gasteiger partial charge on any atom is -0.456 e. The van der Waals surface area contributed by atoms with E-state index in [-0.39, 0.29) is 0 Å². The maximum Gasteiger partial charge on any atom is 0.172 e. The predicted molar refractivity (Wildman–Crippen MR) is 162 cm³/mol. The smallest absolute Gasteiger partial charge is 0.172 e. The summed E-state index contributed by atoms with van der Waals surface area (Å²) in [4.78, 5) is 2.14. The molecular weight excluding hydrogens is 526 g/mol. The fraction of sp³-hybridized carbons (Fsp3) is 0. The highest BCUT2D eigenvalue weighted by Gasteiger charge is 2.24. The van der Waals surface area contributed by atoms with E-state index in [1.807, 2.05) is 103 Å². The first kappa shape index (κ1) is 22.9. The van der Waals surface area contributed by atoms with Crippen molar-refractivity contribution in [3.8, 4) is 46.0 Å². The molecule has 0 amide bonds. The van der Waals surface area contributed by atoms with Crippen molar-refractivity contribution in [2.24, 2.45) is 0 Å². The SMILES string of the molecule is c1ccc2c(c1)Oc1ccc(N(c3ccc4c(c3)Oc3ccccc3O4)c3ccc4c(c3)oc3ccccc34)cc1O2. The number of fused-ring (bicyclic) bond motifs is 7. The molecule has 0 atom stereocenters. The molecule has 1 aromatic heterocycles. The van der Waals surface area contributed by atoms with Crippen LogP contribution < -0.4 is 23.8 Å². The summed E-state index contributed by atoms with van der Waals surface area (Å²) in [6.45, 7) is 0. The molecule has 6 heteroatoms. The first-order chi connectivity index (χ1) is 20.8. The minimum absolute atomic E-state index is 0.632. The summed E-state index contributed by atoms with van der Waals surface area (Å²) in [5.74, 6) is 5.31. The standard InChI is InChI=1S/C36H21NO5/c1-2-8-27-25(7-1)26-16-13-22(19-34(26)38-27)37(23-14-17-32-35(20-23)41-30-11-5-3-9-28(30)39-32)24-15-18-33-36(21-24)42-31-12-6-4-10-29(31)40-33/h1-21H. The fourth-order valence-corrected chi connectivity index (χ4v) is 5.61. The Morgan fingerprint density at radius 1 is 0.333 bits per heavy atom. The zero-order valence-electron chi connectivity index (χ0n) is 22.1. The van der Waals surface area contributed by atoms with Crippen molar-refractivity contribution in [3.63, 3.8) is 0 Å². The van der Waals surface area contributed by atoms with Crippen LogP contribution in [0.1, 0.15) is 0 Å². The lowest BCUT2D eigenvalue weighted by Gasteiger charge is -2.29. The van der Waals surface area contributed by atoms with Gasteiger partial charge in [0.05, 0.1) is 11.4 Å². The number of furan rings is 1. The van der Waals surface area contributed by atoms with Crippen LogP contribution in [0.5, 0.6) is 46.0 Å². The predicted octanol–water partition coefficient (Wildman–Crippen LogP) is 10.9. The number of ether oxygens (including phenoxy) is 4. The second-order valence-corrected chi connectivity index (χ2v) is 10.2. The van der Waals surface area contributed by atoms with Crippen LogP contribution in [0.2, 0.25) is 0 Å². The van der Waals surface area contributed by atoms with Gasteiger partial charge in [0.15, 0.2) is 46.0 Å². The first-order valence-electron chi connectivity index (χ1n) is 13.7. The largest absolute Gasteiger partial charge is 0.456 e. The summed E-state index contributed by atoms with van der Waals surface area (Å²) in [6.07, 6.45) is 0. The molecule has 3 heterocycles. The summed E-state index contributed by atoms with van der Waals surface area (Å²) in [7, 11) is 0. The van der Waals surface area contributed by atoms with Gasteiger partial charge in [0.2, 0.25) is 0 Å². The van der Waals surface area contributed by atoms with Gasteiger partial charge in [-0.25, -0.2) is 0 Å². The fourth-order valence-electron chi connectivity index (χ4n) is 5.61. The Labute approximate surface area is 240 Å². The lowest BCUT2D eigenvalue weighted by Crippen LogP contribution is -2.11. The van der Waals surface area contributed by atoms with E-state index in [9.17, 15) is 0 Å². The Bertz CT molecular complexity index is 2080. The van der Waals surface area contributed by atoms with Gasteiger partial charge in [0, 0.05) is 34.7 Å². The van der Waals surface area contributed by atoms with E-state index in [0.717, 1.165) is 39.0 Å². The van der Waals surface area contributed by atoms with Crippen LogP contribution in [-0.2, 0) is 0 Å². The van der Waals surface area contributed by atoms with Crippen molar-refractivity contribution in [1.82, 2.24) is 0 Å². The Balaban J connectivity index is 1.19. The van der Waals surface area contributed by atoms with E-state index in [2.05, 4.69) is 29.2 Å². The van der Waals surface area contributed by atoms with E-state index < -0.39 is 0 Å². The number of para-hydroxylation sites is 5. The van der Waals surface area contributed by atoms with Crippen molar-refractivity contribution < 1.29 is 23.4 Å². The Morgan fingerprint density at radius 2 is 0.762 bits per heavy atom. The van der Waals surface area contributed by atoms with Gasteiger partial charge in [0.1, 0.15) is 11.2 Å². The molecule has 42 heavy (non-hydrogen) atoms. The normalized spacial score (nSPS) is 12.6. The molecule has 0 unspecified atom stereocenters. The molecule has 0 N–H and O–H groups in total. The number of benzene rings is 6. The van der Waals surface area contributed by atoms with Gasteiger partial charge in [-0.15, -0.1) is 0 Å². The monoisotopic (exact) mass is 547 g/mol. The van der Waals surface area contributed by atoms with Crippen LogP contribution in [0, 0.1) is 0 Å². The van der Waals surface area contributed by atoms with E-state index in [0.29, 0.717) is 46.0 Å². The number of rotatable bonds is 3. The van der Waals surface area contributed by atoms with Gasteiger partial charge in [-0.05, 0) is 66.7 Å². The molecule has 2 aliphatic rings. The summed E-state index contributed by atoms with van der Waals surface area (Å²) in [5, 5.41) is 2.15. The zero-order valence-corrected chi connectivity index (χ0v) is 22.1. The molecule has 200 valence electrons. The third-order valence-electron chi connectivity index (χ3n) is 7.57. The molecule has 6 aromatic carbocycles. The summed E-state index contributed by atoms with van der Waals surface area (Å²) in [6, 6.07) is 41.5. The highest BCUT2D eigenvalue weighted by Crippen LogP contribution is 2.51. The van der Waals surface area contributed by atoms with Crippen LogP contribution in [0.15, 0.2) is 132 Å². The Hall–Kier alpha value is -5.88. The maximum absolute atomic E-state index is 6.26. The molecule has 0 bridgehead atoms. The van der Waals surface area contributed by atoms with Gasteiger partial charge >= 0.3 is 0 Å². The van der Waals surface area contributed by atoms with Crippen LogP contribution in [-0.4, -0.2) is 0 Å². The van der Waals surface area contributed by atoms with Gasteiger partial charge in [-0.1, -0.05) is 42.5 Å². The van der Waals surface area contributed by atoms with E-state index in [4.69, 9.17) is 23.4 Å². The Morgan fingerprint density at radius 3 is 1.36 bits per heavy atom. The van der Waals surface area contributed by atoms with Crippen LogP contribution in [0.3, 0.4) is 0 Å². The highest BCUT2D eigenvalue weighted by atomic mass is 16.6. The van der Waals surface area contributed by atoms with E-state index in [1.54, 1.807) is 0 Å². The number of hydrogen-bond donors (Lipinski definition) is 0. The summed E-state index contributed by atoms with van der Waals surface area (Å²) in [5.41, 5.74) is 4.33. The summed E-state index contributed by atoms with van der Waals surface area (Å²) >= 11 is 0.